The van der Waals surface area contributed by atoms with E-state index in [1.54, 1.807) is 16.6 Å². The van der Waals surface area contributed by atoms with E-state index in [2.05, 4.69) is 11.0 Å². The van der Waals surface area contributed by atoms with Crippen LogP contribution in [0.15, 0.2) is 12.1 Å². The van der Waals surface area contributed by atoms with Crippen LogP contribution < -0.4 is 9.64 Å². The summed E-state index contributed by atoms with van der Waals surface area (Å²) in [5, 5.41) is 4.53. The van der Waals surface area contributed by atoms with Crippen molar-refractivity contribution in [2.75, 3.05) is 18.6 Å². The van der Waals surface area contributed by atoms with E-state index in [9.17, 15) is 4.79 Å². The van der Waals surface area contributed by atoms with E-state index in [0.29, 0.717) is 5.75 Å². The minimum Gasteiger partial charge on any atom is -0.482 e. The molecule has 5 nitrogen and oxygen atoms in total. The minimum atomic E-state index is -0.0725. The first kappa shape index (κ1) is 14.2. The number of aromatic nitrogens is 2. The summed E-state index contributed by atoms with van der Waals surface area (Å²) in [5.41, 5.74) is 5.14. The molecule has 0 fully saturated rings. The molecule has 3 rings (SSSR count). The van der Waals surface area contributed by atoms with Gasteiger partial charge in [0.25, 0.3) is 5.91 Å². The number of ether oxygens (including phenoxy) is 1. The molecule has 0 unspecified atom stereocenters. The number of hydrogen-bond donors (Lipinski definition) is 0. The highest BCUT2D eigenvalue weighted by atomic mass is 16.5. The number of likely N-dealkylation sites (N-methyl/N-ethyl adjacent to an activating group) is 1. The van der Waals surface area contributed by atoms with Crippen molar-refractivity contribution in [1.29, 1.82) is 0 Å². The molecular weight excluding hydrogens is 278 g/mol. The third kappa shape index (κ3) is 1.96. The summed E-state index contributed by atoms with van der Waals surface area (Å²) in [5.74, 6) is 3.35. The molecule has 0 atom stereocenters. The monoisotopic (exact) mass is 295 g/mol. The van der Waals surface area contributed by atoms with Gasteiger partial charge in [-0.1, -0.05) is 5.92 Å². The molecule has 0 radical (unpaired) electrons. The highest BCUT2D eigenvalue weighted by Gasteiger charge is 2.25. The molecule has 1 aliphatic heterocycles. The third-order valence-corrected chi connectivity index (χ3v) is 4.13. The number of carbonyl (C=O) groups excluding carboxylic acids is 1. The predicted octanol–water partition coefficient (Wildman–Crippen LogP) is 2.04. The molecule has 2 aromatic rings. The summed E-state index contributed by atoms with van der Waals surface area (Å²) in [6, 6.07) is 3.85. The Labute approximate surface area is 129 Å². The zero-order valence-corrected chi connectivity index (χ0v) is 13.1. The SMILES string of the molecule is C#Cc1c(-c2cc3c(cc2C)OCC(=O)N3C)nn(C)c1C. The first-order chi connectivity index (χ1) is 10.4. The van der Waals surface area contributed by atoms with Crippen molar-refractivity contribution in [3.05, 3.63) is 29.0 Å². The molecule has 0 saturated heterocycles. The van der Waals surface area contributed by atoms with Crippen LogP contribution in [0.2, 0.25) is 0 Å². The minimum absolute atomic E-state index is 0.0700. The van der Waals surface area contributed by atoms with Crippen LogP contribution in [0.4, 0.5) is 5.69 Å². The molecule has 1 aromatic heterocycles. The van der Waals surface area contributed by atoms with Crippen LogP contribution in [0.1, 0.15) is 16.8 Å². The predicted molar refractivity (Wildman–Crippen MR) is 85.0 cm³/mol. The molecule has 0 N–H and O–H groups in total. The summed E-state index contributed by atoms with van der Waals surface area (Å²) in [4.78, 5) is 13.4. The van der Waals surface area contributed by atoms with Gasteiger partial charge in [-0.3, -0.25) is 9.48 Å². The Kier molecular flexibility index (Phi) is 3.18. The maximum Gasteiger partial charge on any atom is 0.264 e. The fourth-order valence-electron chi connectivity index (χ4n) is 2.64. The van der Waals surface area contributed by atoms with Gasteiger partial charge < -0.3 is 9.64 Å². The van der Waals surface area contributed by atoms with E-state index < -0.39 is 0 Å². The highest BCUT2D eigenvalue weighted by Crippen LogP contribution is 2.38. The summed E-state index contributed by atoms with van der Waals surface area (Å²) >= 11 is 0. The molecule has 22 heavy (non-hydrogen) atoms. The summed E-state index contributed by atoms with van der Waals surface area (Å²) in [7, 11) is 3.61. The second-order valence-corrected chi connectivity index (χ2v) is 5.45. The molecular formula is C17H17N3O2. The average molecular weight is 295 g/mol. The van der Waals surface area contributed by atoms with Crippen LogP contribution in [0.25, 0.3) is 11.3 Å². The van der Waals surface area contributed by atoms with Gasteiger partial charge in [-0.05, 0) is 31.5 Å². The lowest BCUT2D eigenvalue weighted by atomic mass is 9.99. The lowest BCUT2D eigenvalue weighted by Gasteiger charge is -2.27. The Balaban J connectivity index is 2.23. The number of rotatable bonds is 1. The number of hydrogen-bond acceptors (Lipinski definition) is 3. The number of benzene rings is 1. The molecule has 0 aliphatic carbocycles. The number of fused-ring (bicyclic) bond motifs is 1. The molecule has 112 valence electrons. The molecule has 1 amide bonds. The second-order valence-electron chi connectivity index (χ2n) is 5.45. The molecule has 1 aromatic carbocycles. The smallest absolute Gasteiger partial charge is 0.264 e. The van der Waals surface area contributed by atoms with Crippen LogP contribution in [0.3, 0.4) is 0 Å². The topological polar surface area (TPSA) is 47.4 Å². The number of aryl methyl sites for hydroxylation is 2. The molecule has 0 spiro atoms. The van der Waals surface area contributed by atoms with Gasteiger partial charge in [-0.2, -0.15) is 5.10 Å². The zero-order valence-electron chi connectivity index (χ0n) is 13.1. The van der Waals surface area contributed by atoms with Gasteiger partial charge in [0, 0.05) is 19.7 Å². The van der Waals surface area contributed by atoms with Crippen molar-refractivity contribution in [1.82, 2.24) is 9.78 Å². The van der Waals surface area contributed by atoms with Gasteiger partial charge in [0.15, 0.2) is 6.61 Å². The van der Waals surface area contributed by atoms with Crippen molar-refractivity contribution in [3.63, 3.8) is 0 Å². The lowest BCUT2D eigenvalue weighted by molar-refractivity contribution is -0.120. The Bertz CT molecular complexity index is 827. The zero-order chi connectivity index (χ0) is 16.0. The standard InChI is InChI=1S/C17H17N3O2/c1-6-12-11(3)20(5)18-17(12)13-8-14-15(7-10(13)2)22-9-16(21)19(14)4/h1,7-8H,9H2,2-5H3. The summed E-state index contributed by atoms with van der Waals surface area (Å²) in [6.07, 6.45) is 5.65. The number of terminal acetylenes is 1. The van der Waals surface area contributed by atoms with Crippen molar-refractivity contribution in [3.8, 4) is 29.4 Å². The quantitative estimate of drug-likeness (QED) is 0.756. The van der Waals surface area contributed by atoms with E-state index >= 15 is 0 Å². The summed E-state index contributed by atoms with van der Waals surface area (Å²) < 4.78 is 7.28. The lowest BCUT2D eigenvalue weighted by Crippen LogP contribution is -2.35. The molecule has 0 saturated carbocycles. The largest absolute Gasteiger partial charge is 0.482 e. The molecule has 5 heteroatoms. The van der Waals surface area contributed by atoms with Gasteiger partial charge in [0.05, 0.1) is 16.9 Å². The Morgan fingerprint density at radius 2 is 2.05 bits per heavy atom. The van der Waals surface area contributed by atoms with E-state index in [1.165, 1.54) is 0 Å². The van der Waals surface area contributed by atoms with E-state index in [4.69, 9.17) is 11.2 Å². The average Bonchev–Trinajstić information content (AvgIpc) is 2.78. The van der Waals surface area contributed by atoms with Gasteiger partial charge in [0.1, 0.15) is 11.4 Å². The fourth-order valence-corrected chi connectivity index (χ4v) is 2.64. The van der Waals surface area contributed by atoms with E-state index in [1.807, 2.05) is 33.0 Å². The van der Waals surface area contributed by atoms with Gasteiger partial charge in [-0.15, -0.1) is 6.42 Å². The second kappa shape index (κ2) is 4.92. The maximum absolute atomic E-state index is 11.8. The highest BCUT2D eigenvalue weighted by molar-refractivity contribution is 5.98. The normalized spacial score (nSPS) is 13.6. The summed E-state index contributed by atoms with van der Waals surface area (Å²) in [6.45, 7) is 4.00. The number of amides is 1. The first-order valence-corrected chi connectivity index (χ1v) is 6.98. The maximum atomic E-state index is 11.8. The van der Waals surface area contributed by atoms with Crippen molar-refractivity contribution >= 4 is 11.6 Å². The third-order valence-electron chi connectivity index (χ3n) is 4.13. The van der Waals surface area contributed by atoms with Gasteiger partial charge in [0.2, 0.25) is 0 Å². The Morgan fingerprint density at radius 1 is 1.32 bits per heavy atom. The number of carbonyl (C=O) groups is 1. The molecule has 1 aliphatic rings. The van der Waals surface area contributed by atoms with Gasteiger partial charge in [-0.25, -0.2) is 0 Å². The van der Waals surface area contributed by atoms with Crippen LogP contribution in [0.5, 0.6) is 5.75 Å². The Morgan fingerprint density at radius 3 is 2.73 bits per heavy atom. The van der Waals surface area contributed by atoms with E-state index in [0.717, 1.165) is 33.8 Å². The van der Waals surface area contributed by atoms with Crippen LogP contribution >= 0.6 is 0 Å². The molecule has 0 bridgehead atoms. The van der Waals surface area contributed by atoms with Crippen LogP contribution in [0, 0.1) is 26.2 Å². The Hall–Kier alpha value is -2.74. The van der Waals surface area contributed by atoms with Gasteiger partial charge >= 0.3 is 0 Å². The van der Waals surface area contributed by atoms with Crippen LogP contribution in [-0.2, 0) is 11.8 Å². The van der Waals surface area contributed by atoms with Crippen molar-refractivity contribution < 1.29 is 9.53 Å². The molecule has 2 heterocycles. The number of nitrogens with zero attached hydrogens (tertiary/aromatic N) is 3. The number of anilines is 1. The van der Waals surface area contributed by atoms with Crippen LogP contribution in [-0.4, -0.2) is 29.3 Å². The first-order valence-electron chi connectivity index (χ1n) is 6.98. The van der Waals surface area contributed by atoms with E-state index in [-0.39, 0.29) is 12.5 Å². The van der Waals surface area contributed by atoms with Crippen molar-refractivity contribution in [2.45, 2.75) is 13.8 Å². The fraction of sp³-hybridized carbons (Fsp3) is 0.294. The van der Waals surface area contributed by atoms with Crippen molar-refractivity contribution in [2.24, 2.45) is 7.05 Å².